The molecule has 1 heterocycles. The highest BCUT2D eigenvalue weighted by atomic mass is 16.6. The molecule has 1 atom stereocenters. The fourth-order valence-electron chi connectivity index (χ4n) is 1.46. The number of rotatable bonds is 6. The van der Waals surface area contributed by atoms with Gasteiger partial charge in [-0.25, -0.2) is 4.98 Å². The fraction of sp³-hybridized carbons (Fsp3) is 0.500. The van der Waals surface area contributed by atoms with Crippen LogP contribution in [0.25, 0.3) is 0 Å². The van der Waals surface area contributed by atoms with E-state index in [1.165, 1.54) is 6.07 Å². The van der Waals surface area contributed by atoms with E-state index in [2.05, 4.69) is 10.3 Å². The molecule has 0 amide bonds. The number of nitro groups is 1. The molecule has 1 unspecified atom stereocenters. The predicted octanol–water partition coefficient (Wildman–Crippen LogP) is 2.21. The van der Waals surface area contributed by atoms with Crippen molar-refractivity contribution in [3.05, 3.63) is 27.9 Å². The van der Waals surface area contributed by atoms with Crippen LogP contribution in [0.3, 0.4) is 0 Å². The fourth-order valence-corrected chi connectivity index (χ4v) is 1.46. The number of aryl methyl sites for hydroxylation is 1. The van der Waals surface area contributed by atoms with Gasteiger partial charge in [-0.1, -0.05) is 6.92 Å². The van der Waals surface area contributed by atoms with Crippen molar-refractivity contribution in [2.45, 2.75) is 27.2 Å². The molecule has 1 rings (SSSR count). The molecule has 0 fully saturated rings. The molecule has 0 saturated heterocycles. The zero-order valence-electron chi connectivity index (χ0n) is 11.1. The van der Waals surface area contributed by atoms with Gasteiger partial charge in [-0.15, -0.1) is 0 Å². The molecule has 2 N–H and O–H groups in total. The quantitative estimate of drug-likeness (QED) is 0.604. The Hall–Kier alpha value is -2.18. The molecule has 1 aromatic heterocycles. The maximum Gasteiger partial charge on any atom is 0.311 e. The molecule has 7 heteroatoms. The molecule has 0 saturated carbocycles. The Bertz CT molecular complexity index is 504. The molecule has 0 aliphatic heterocycles. The van der Waals surface area contributed by atoms with Crippen molar-refractivity contribution < 1.29 is 14.8 Å². The first-order valence-electron chi connectivity index (χ1n) is 5.89. The zero-order valence-corrected chi connectivity index (χ0v) is 11.1. The summed E-state index contributed by atoms with van der Waals surface area (Å²) in [7, 11) is 0. The van der Waals surface area contributed by atoms with E-state index in [1.54, 1.807) is 26.8 Å². The molecule has 0 aliphatic rings. The first-order valence-corrected chi connectivity index (χ1v) is 5.89. The monoisotopic (exact) mass is 267 g/mol. The largest absolute Gasteiger partial charge is 0.481 e. The number of hydrogen-bond donors (Lipinski definition) is 2. The van der Waals surface area contributed by atoms with Crippen LogP contribution in [-0.2, 0) is 4.79 Å². The standard InChI is InChI=1S/C12H17N3O4/c1-4-12(3,11(16)17)7-13-10-9(15(18)19)6-5-8(2)14-10/h5-6H,4,7H2,1-3H3,(H,13,14)(H,16,17). The van der Waals surface area contributed by atoms with E-state index in [1.807, 2.05) is 0 Å². The van der Waals surface area contributed by atoms with Crippen molar-refractivity contribution in [3.63, 3.8) is 0 Å². The average Bonchev–Trinajstić information content (AvgIpc) is 2.35. The number of nitrogens with zero attached hydrogens (tertiary/aromatic N) is 2. The summed E-state index contributed by atoms with van der Waals surface area (Å²) in [6.45, 7) is 5.14. The van der Waals surface area contributed by atoms with E-state index in [4.69, 9.17) is 5.11 Å². The average molecular weight is 267 g/mol. The summed E-state index contributed by atoms with van der Waals surface area (Å²) >= 11 is 0. The molecule has 1 aromatic rings. The van der Waals surface area contributed by atoms with E-state index < -0.39 is 16.3 Å². The lowest BCUT2D eigenvalue weighted by atomic mass is 9.88. The van der Waals surface area contributed by atoms with Crippen LogP contribution in [0.2, 0.25) is 0 Å². The highest BCUT2D eigenvalue weighted by Gasteiger charge is 2.31. The Labute approximate surface area is 110 Å². The van der Waals surface area contributed by atoms with Crippen LogP contribution in [0.4, 0.5) is 11.5 Å². The van der Waals surface area contributed by atoms with Crippen LogP contribution in [-0.4, -0.2) is 27.5 Å². The summed E-state index contributed by atoms with van der Waals surface area (Å²) < 4.78 is 0. The summed E-state index contributed by atoms with van der Waals surface area (Å²) in [5.74, 6) is -0.844. The number of anilines is 1. The van der Waals surface area contributed by atoms with Gasteiger partial charge >= 0.3 is 11.7 Å². The molecule has 7 nitrogen and oxygen atoms in total. The van der Waals surface area contributed by atoms with E-state index in [0.29, 0.717) is 12.1 Å². The maximum atomic E-state index is 11.2. The van der Waals surface area contributed by atoms with Crippen LogP contribution < -0.4 is 5.32 Å². The zero-order chi connectivity index (χ0) is 14.6. The van der Waals surface area contributed by atoms with Crippen molar-refractivity contribution >= 4 is 17.5 Å². The van der Waals surface area contributed by atoms with Gasteiger partial charge in [0.2, 0.25) is 5.82 Å². The number of hydrogen-bond acceptors (Lipinski definition) is 5. The molecule has 0 aromatic carbocycles. The second-order valence-corrected chi connectivity index (χ2v) is 4.65. The van der Waals surface area contributed by atoms with E-state index >= 15 is 0 Å². The van der Waals surface area contributed by atoms with Gasteiger partial charge in [-0.2, -0.15) is 0 Å². The van der Waals surface area contributed by atoms with Gasteiger partial charge in [0.25, 0.3) is 0 Å². The number of nitrogens with one attached hydrogen (secondary N) is 1. The summed E-state index contributed by atoms with van der Waals surface area (Å²) in [6, 6.07) is 2.90. The minimum Gasteiger partial charge on any atom is -0.481 e. The number of pyridine rings is 1. The third kappa shape index (κ3) is 3.40. The molecule has 0 spiro atoms. The van der Waals surface area contributed by atoms with Gasteiger partial charge in [0.15, 0.2) is 0 Å². The Morgan fingerprint density at radius 3 is 2.68 bits per heavy atom. The molecule has 0 aliphatic carbocycles. The third-order valence-electron chi connectivity index (χ3n) is 3.15. The Kier molecular flexibility index (Phi) is 4.42. The van der Waals surface area contributed by atoms with Crippen molar-refractivity contribution in [2.24, 2.45) is 5.41 Å². The summed E-state index contributed by atoms with van der Waals surface area (Å²) in [5.41, 5.74) is -0.518. The topological polar surface area (TPSA) is 105 Å². The maximum absolute atomic E-state index is 11.2. The van der Waals surface area contributed by atoms with Crippen LogP contribution >= 0.6 is 0 Å². The molecule has 19 heavy (non-hydrogen) atoms. The van der Waals surface area contributed by atoms with E-state index in [0.717, 1.165) is 0 Å². The van der Waals surface area contributed by atoms with Gasteiger partial charge in [0.05, 0.1) is 10.3 Å². The highest BCUT2D eigenvalue weighted by molar-refractivity contribution is 5.75. The van der Waals surface area contributed by atoms with Crippen molar-refractivity contribution in [2.75, 3.05) is 11.9 Å². The van der Waals surface area contributed by atoms with Crippen LogP contribution in [0, 0.1) is 22.5 Å². The first kappa shape index (κ1) is 14.9. The number of aromatic nitrogens is 1. The number of carbonyl (C=O) groups is 1. The lowest BCUT2D eigenvalue weighted by molar-refractivity contribution is -0.384. The second kappa shape index (κ2) is 5.64. The number of aliphatic carboxylic acids is 1. The first-order chi connectivity index (χ1) is 8.80. The van der Waals surface area contributed by atoms with E-state index in [9.17, 15) is 14.9 Å². The van der Waals surface area contributed by atoms with Gasteiger partial charge < -0.3 is 10.4 Å². The highest BCUT2D eigenvalue weighted by Crippen LogP contribution is 2.26. The van der Waals surface area contributed by atoms with Crippen LogP contribution in [0.5, 0.6) is 0 Å². The lowest BCUT2D eigenvalue weighted by Crippen LogP contribution is -2.34. The number of carboxylic acids is 1. The van der Waals surface area contributed by atoms with Gasteiger partial charge in [0.1, 0.15) is 0 Å². The van der Waals surface area contributed by atoms with Crippen molar-refractivity contribution in [3.8, 4) is 0 Å². The molecule has 0 bridgehead atoms. The molecule has 0 radical (unpaired) electrons. The predicted molar refractivity (Wildman–Crippen MR) is 70.2 cm³/mol. The lowest BCUT2D eigenvalue weighted by Gasteiger charge is -2.23. The van der Waals surface area contributed by atoms with Gasteiger partial charge in [-0.05, 0) is 26.3 Å². The van der Waals surface area contributed by atoms with Gasteiger partial charge in [0, 0.05) is 18.3 Å². The molecular weight excluding hydrogens is 250 g/mol. The Balaban J connectivity index is 2.97. The molecular formula is C12H17N3O4. The summed E-state index contributed by atoms with van der Waals surface area (Å²) in [6.07, 6.45) is 0.412. The Morgan fingerprint density at radius 2 is 2.21 bits per heavy atom. The minimum atomic E-state index is -0.987. The normalized spacial score (nSPS) is 13.6. The minimum absolute atomic E-state index is 0.0795. The third-order valence-corrected chi connectivity index (χ3v) is 3.15. The van der Waals surface area contributed by atoms with Crippen LogP contribution in [0.15, 0.2) is 12.1 Å². The number of carboxylic acid groups (broad SMARTS) is 1. The smallest absolute Gasteiger partial charge is 0.311 e. The van der Waals surface area contributed by atoms with Crippen molar-refractivity contribution in [1.82, 2.24) is 4.98 Å². The summed E-state index contributed by atoms with van der Waals surface area (Å²) in [4.78, 5) is 25.5. The van der Waals surface area contributed by atoms with Gasteiger partial charge in [-0.3, -0.25) is 14.9 Å². The van der Waals surface area contributed by atoms with Crippen LogP contribution in [0.1, 0.15) is 26.0 Å². The SMILES string of the molecule is CCC(C)(CNc1nc(C)ccc1[N+](=O)[O-])C(=O)O. The van der Waals surface area contributed by atoms with E-state index in [-0.39, 0.29) is 18.1 Å². The summed E-state index contributed by atoms with van der Waals surface area (Å²) in [5, 5.41) is 22.8. The molecule has 104 valence electrons. The Morgan fingerprint density at radius 1 is 1.58 bits per heavy atom. The van der Waals surface area contributed by atoms with Crippen molar-refractivity contribution in [1.29, 1.82) is 0 Å². The second-order valence-electron chi connectivity index (χ2n) is 4.65.